The summed E-state index contributed by atoms with van der Waals surface area (Å²) in [6, 6.07) is 3.33. The lowest BCUT2D eigenvalue weighted by molar-refractivity contribution is -0.112. The van der Waals surface area contributed by atoms with Gasteiger partial charge in [0.15, 0.2) is 0 Å². The van der Waals surface area contributed by atoms with Gasteiger partial charge in [-0.25, -0.2) is 0 Å². The van der Waals surface area contributed by atoms with E-state index in [4.69, 9.17) is 11.6 Å². The highest BCUT2D eigenvalue weighted by molar-refractivity contribution is 6.52. The number of anilines is 2. The number of carbonyl (C=O) groups excluding carboxylic acids is 2. The maximum Gasteiger partial charge on any atom is 0.296 e. The Morgan fingerprint density at radius 3 is 2.62 bits per heavy atom. The van der Waals surface area contributed by atoms with Crippen LogP contribution in [-0.4, -0.2) is 36.0 Å². The van der Waals surface area contributed by atoms with Gasteiger partial charge in [-0.2, -0.15) is 0 Å². The van der Waals surface area contributed by atoms with Crippen LogP contribution in [0, 0.1) is 5.92 Å². The van der Waals surface area contributed by atoms with Crippen LogP contribution in [0.4, 0.5) is 11.4 Å². The Balaban J connectivity index is 1.83. The summed E-state index contributed by atoms with van der Waals surface area (Å²) in [5, 5.41) is 12.7. The fourth-order valence-electron chi connectivity index (χ4n) is 3.02. The number of Topliss-reactive ketones (excluding diaryl/α,β-unsaturated/α-hetero) is 1. The van der Waals surface area contributed by atoms with Gasteiger partial charge < -0.3 is 15.3 Å². The average molecular weight is 309 g/mol. The van der Waals surface area contributed by atoms with Crippen molar-refractivity contribution in [2.24, 2.45) is 5.92 Å². The number of piperidine rings is 1. The average Bonchev–Trinajstić information content (AvgIpc) is 2.73. The second kappa shape index (κ2) is 5.31. The third kappa shape index (κ3) is 2.51. The molecule has 2 N–H and O–H groups in total. The Labute approximate surface area is 127 Å². The molecule has 2 aliphatic rings. The van der Waals surface area contributed by atoms with Gasteiger partial charge in [0, 0.05) is 13.1 Å². The number of ketones is 1. The minimum atomic E-state index is -0.606. The second-order valence-corrected chi connectivity index (χ2v) is 6.10. The van der Waals surface area contributed by atoms with E-state index in [1.54, 1.807) is 12.1 Å². The zero-order chi connectivity index (χ0) is 15.1. The first-order valence-corrected chi connectivity index (χ1v) is 7.47. The van der Waals surface area contributed by atoms with Crippen molar-refractivity contribution in [1.29, 1.82) is 0 Å². The van der Waals surface area contributed by atoms with E-state index in [0.29, 0.717) is 22.2 Å². The zero-order valence-corrected chi connectivity index (χ0v) is 12.5. The van der Waals surface area contributed by atoms with Crippen LogP contribution < -0.4 is 10.2 Å². The van der Waals surface area contributed by atoms with Crippen LogP contribution in [0.2, 0.25) is 5.02 Å². The number of carbonyl (C=O) groups is 2. The summed E-state index contributed by atoms with van der Waals surface area (Å²) in [6.07, 6.45) is 1.51. The van der Waals surface area contributed by atoms with E-state index in [1.807, 2.05) is 6.92 Å². The van der Waals surface area contributed by atoms with E-state index in [1.165, 1.54) is 0 Å². The van der Waals surface area contributed by atoms with E-state index >= 15 is 0 Å². The molecule has 0 bridgehead atoms. The Hall–Kier alpha value is -1.59. The molecule has 0 spiro atoms. The Morgan fingerprint density at radius 1 is 1.33 bits per heavy atom. The number of benzene rings is 1. The number of amides is 1. The van der Waals surface area contributed by atoms with Crippen LogP contribution in [0.1, 0.15) is 30.1 Å². The van der Waals surface area contributed by atoms with Gasteiger partial charge in [-0.3, -0.25) is 9.59 Å². The fourth-order valence-corrected chi connectivity index (χ4v) is 3.30. The minimum Gasteiger partial charge on any atom is -0.393 e. The molecule has 0 aliphatic carbocycles. The van der Waals surface area contributed by atoms with Crippen LogP contribution >= 0.6 is 11.6 Å². The predicted molar refractivity (Wildman–Crippen MR) is 81.0 cm³/mol. The quantitative estimate of drug-likeness (QED) is 0.821. The summed E-state index contributed by atoms with van der Waals surface area (Å²) in [4.78, 5) is 25.2. The molecular formula is C15H17ClN2O3. The van der Waals surface area contributed by atoms with Gasteiger partial charge in [-0.1, -0.05) is 11.6 Å². The molecule has 0 saturated carbocycles. The normalized spacial score (nSPS) is 20.4. The molecule has 1 atom stereocenters. The predicted octanol–water partition coefficient (Wildman–Crippen LogP) is 2.07. The lowest BCUT2D eigenvalue weighted by atomic mass is 9.92. The molecule has 21 heavy (non-hydrogen) atoms. The molecule has 1 aromatic rings. The standard InChI is InChI=1S/C15H17ClN2O3/c1-8(19)9-2-4-18(5-3-9)13-7-12-10(6-11(13)16)14(20)15(21)17-12/h6-9,19H,2-5H2,1H3,(H,17,20,21). The molecule has 2 aliphatic heterocycles. The number of aliphatic hydroxyl groups excluding tert-OH is 1. The number of aliphatic hydroxyl groups is 1. The molecule has 1 unspecified atom stereocenters. The van der Waals surface area contributed by atoms with Gasteiger partial charge in [0.05, 0.1) is 28.1 Å². The van der Waals surface area contributed by atoms with Crippen molar-refractivity contribution < 1.29 is 14.7 Å². The van der Waals surface area contributed by atoms with Gasteiger partial charge in [-0.05, 0) is 37.8 Å². The molecule has 5 nitrogen and oxygen atoms in total. The molecule has 1 amide bonds. The summed E-state index contributed by atoms with van der Waals surface area (Å²) in [7, 11) is 0. The molecule has 6 heteroatoms. The Morgan fingerprint density at radius 2 is 2.00 bits per heavy atom. The van der Waals surface area contributed by atoms with Crippen molar-refractivity contribution in [3.8, 4) is 0 Å². The molecule has 0 radical (unpaired) electrons. The lowest BCUT2D eigenvalue weighted by Crippen LogP contribution is -2.37. The number of nitrogens with zero attached hydrogens (tertiary/aromatic N) is 1. The van der Waals surface area contributed by atoms with E-state index in [9.17, 15) is 14.7 Å². The van der Waals surface area contributed by atoms with Gasteiger partial charge in [0.1, 0.15) is 0 Å². The smallest absolute Gasteiger partial charge is 0.296 e. The fraction of sp³-hybridized carbons (Fsp3) is 0.467. The minimum absolute atomic E-state index is 0.292. The van der Waals surface area contributed by atoms with Crippen LogP contribution in [0.3, 0.4) is 0 Å². The van der Waals surface area contributed by atoms with Crippen molar-refractivity contribution in [2.45, 2.75) is 25.9 Å². The zero-order valence-electron chi connectivity index (χ0n) is 11.7. The first-order valence-electron chi connectivity index (χ1n) is 7.09. The summed E-state index contributed by atoms with van der Waals surface area (Å²) in [5.41, 5.74) is 1.70. The molecule has 112 valence electrons. The van der Waals surface area contributed by atoms with Gasteiger partial charge in [0.2, 0.25) is 0 Å². The maximum absolute atomic E-state index is 11.6. The van der Waals surface area contributed by atoms with Crippen molar-refractivity contribution >= 4 is 34.7 Å². The first kappa shape index (κ1) is 14.4. The molecule has 0 aromatic heterocycles. The highest BCUT2D eigenvalue weighted by Gasteiger charge is 2.31. The monoisotopic (exact) mass is 308 g/mol. The molecular weight excluding hydrogens is 292 g/mol. The Kier molecular flexibility index (Phi) is 3.63. The van der Waals surface area contributed by atoms with Crippen LogP contribution in [0.15, 0.2) is 12.1 Å². The van der Waals surface area contributed by atoms with E-state index in [-0.39, 0.29) is 6.10 Å². The van der Waals surface area contributed by atoms with Crippen molar-refractivity contribution in [2.75, 3.05) is 23.3 Å². The molecule has 1 aromatic carbocycles. The third-order valence-corrected chi connectivity index (χ3v) is 4.65. The molecule has 3 rings (SSSR count). The van der Waals surface area contributed by atoms with E-state index in [0.717, 1.165) is 31.6 Å². The number of hydrogen-bond donors (Lipinski definition) is 2. The lowest BCUT2D eigenvalue weighted by Gasteiger charge is -2.35. The van der Waals surface area contributed by atoms with Gasteiger partial charge in [0.25, 0.3) is 11.7 Å². The highest BCUT2D eigenvalue weighted by atomic mass is 35.5. The molecule has 2 heterocycles. The summed E-state index contributed by atoms with van der Waals surface area (Å²) < 4.78 is 0. The number of rotatable bonds is 2. The topological polar surface area (TPSA) is 69.6 Å². The second-order valence-electron chi connectivity index (χ2n) is 5.70. The largest absolute Gasteiger partial charge is 0.393 e. The van der Waals surface area contributed by atoms with E-state index < -0.39 is 11.7 Å². The highest BCUT2D eigenvalue weighted by Crippen LogP contribution is 2.37. The van der Waals surface area contributed by atoms with Crippen molar-refractivity contribution in [3.63, 3.8) is 0 Å². The maximum atomic E-state index is 11.6. The van der Waals surface area contributed by atoms with Gasteiger partial charge >= 0.3 is 0 Å². The number of fused-ring (bicyclic) bond motifs is 1. The number of nitrogens with one attached hydrogen (secondary N) is 1. The van der Waals surface area contributed by atoms with Crippen LogP contribution in [0.5, 0.6) is 0 Å². The third-order valence-electron chi connectivity index (χ3n) is 4.35. The van der Waals surface area contributed by atoms with Gasteiger partial charge in [-0.15, -0.1) is 0 Å². The number of hydrogen-bond acceptors (Lipinski definition) is 4. The molecule has 1 fully saturated rings. The van der Waals surface area contributed by atoms with Crippen molar-refractivity contribution in [3.05, 3.63) is 22.7 Å². The Bertz CT molecular complexity index is 607. The summed E-state index contributed by atoms with van der Waals surface area (Å²) >= 11 is 6.27. The number of halogens is 1. The van der Waals surface area contributed by atoms with Crippen LogP contribution in [-0.2, 0) is 4.79 Å². The SMILES string of the molecule is CC(O)C1CCN(c2cc3c(cc2Cl)C(=O)C(=O)N3)CC1. The first-order chi connectivity index (χ1) is 9.97. The summed E-state index contributed by atoms with van der Waals surface area (Å²) in [6.45, 7) is 3.43. The van der Waals surface area contributed by atoms with Crippen molar-refractivity contribution in [1.82, 2.24) is 0 Å². The van der Waals surface area contributed by atoms with Crippen LogP contribution in [0.25, 0.3) is 0 Å². The summed E-state index contributed by atoms with van der Waals surface area (Å²) in [5.74, 6) is -0.826. The van der Waals surface area contributed by atoms with E-state index in [2.05, 4.69) is 10.2 Å². The molecule has 1 saturated heterocycles.